The number of anilines is 1. The third kappa shape index (κ3) is 3.14. The lowest BCUT2D eigenvalue weighted by Crippen LogP contribution is -2.20. The predicted molar refractivity (Wildman–Crippen MR) is 41.5 cm³/mol. The van der Waals surface area contributed by atoms with E-state index in [1.807, 2.05) is 0 Å². The Hall–Kier alpha value is -1.52. The van der Waals surface area contributed by atoms with Crippen LogP contribution in [0.5, 0.6) is 0 Å². The standard InChI is InChI=1S/C8H6F3NO/c9-8(10,11)12-7-3-1-2-6(4-7)5-13/h1-5,12H. The summed E-state index contributed by atoms with van der Waals surface area (Å²) in [7, 11) is 0. The molecular formula is C8H6F3NO. The highest BCUT2D eigenvalue weighted by molar-refractivity contribution is 5.76. The van der Waals surface area contributed by atoms with Gasteiger partial charge in [0.15, 0.2) is 0 Å². The molecule has 1 rings (SSSR count). The first-order chi connectivity index (χ1) is 6.01. The lowest BCUT2D eigenvalue weighted by Gasteiger charge is -2.09. The molecule has 0 fully saturated rings. The third-order valence-electron chi connectivity index (χ3n) is 1.31. The molecule has 0 spiro atoms. The van der Waals surface area contributed by atoms with Gasteiger partial charge >= 0.3 is 6.30 Å². The van der Waals surface area contributed by atoms with E-state index < -0.39 is 6.30 Å². The number of carbonyl (C=O) groups is 1. The Bertz CT molecular complexity index is 309. The highest BCUT2D eigenvalue weighted by atomic mass is 19.4. The molecule has 0 aliphatic heterocycles. The summed E-state index contributed by atoms with van der Waals surface area (Å²) < 4.78 is 35.3. The van der Waals surface area contributed by atoms with Crippen LogP contribution in [0, 0.1) is 0 Å². The van der Waals surface area contributed by atoms with Crippen LogP contribution >= 0.6 is 0 Å². The molecule has 1 N–H and O–H groups in total. The van der Waals surface area contributed by atoms with Gasteiger partial charge in [0.2, 0.25) is 0 Å². The van der Waals surface area contributed by atoms with Gasteiger partial charge < -0.3 is 0 Å². The van der Waals surface area contributed by atoms with Gasteiger partial charge in [-0.3, -0.25) is 10.1 Å². The Morgan fingerprint density at radius 2 is 2.00 bits per heavy atom. The van der Waals surface area contributed by atoms with E-state index >= 15 is 0 Å². The van der Waals surface area contributed by atoms with E-state index in [0.717, 1.165) is 6.07 Å². The predicted octanol–water partition coefficient (Wildman–Crippen LogP) is 2.43. The molecule has 0 aliphatic rings. The van der Waals surface area contributed by atoms with Crippen molar-refractivity contribution in [2.24, 2.45) is 0 Å². The molecule has 2 nitrogen and oxygen atoms in total. The highest BCUT2D eigenvalue weighted by Gasteiger charge is 2.26. The molecule has 1 aromatic carbocycles. The van der Waals surface area contributed by atoms with Crippen molar-refractivity contribution in [3.05, 3.63) is 29.8 Å². The van der Waals surface area contributed by atoms with Gasteiger partial charge in [0.1, 0.15) is 6.29 Å². The first-order valence-corrected chi connectivity index (χ1v) is 3.41. The first kappa shape index (κ1) is 9.57. The highest BCUT2D eigenvalue weighted by Crippen LogP contribution is 2.19. The molecule has 0 aliphatic carbocycles. The van der Waals surface area contributed by atoms with Gasteiger partial charge in [-0.15, -0.1) is 0 Å². The van der Waals surface area contributed by atoms with Crippen LogP contribution < -0.4 is 5.32 Å². The molecule has 0 bridgehead atoms. The van der Waals surface area contributed by atoms with Gasteiger partial charge in [0, 0.05) is 11.3 Å². The van der Waals surface area contributed by atoms with Gasteiger partial charge in [-0.05, 0) is 12.1 Å². The third-order valence-corrected chi connectivity index (χ3v) is 1.31. The van der Waals surface area contributed by atoms with Crippen molar-refractivity contribution < 1.29 is 18.0 Å². The molecule has 13 heavy (non-hydrogen) atoms. The minimum Gasteiger partial charge on any atom is -0.298 e. The van der Waals surface area contributed by atoms with Crippen LogP contribution in [0.4, 0.5) is 18.9 Å². The van der Waals surface area contributed by atoms with Gasteiger partial charge in [0.25, 0.3) is 0 Å². The zero-order valence-electron chi connectivity index (χ0n) is 6.43. The monoisotopic (exact) mass is 189 g/mol. The van der Waals surface area contributed by atoms with E-state index in [-0.39, 0.29) is 11.3 Å². The van der Waals surface area contributed by atoms with E-state index in [2.05, 4.69) is 0 Å². The molecule has 0 heterocycles. The minimum absolute atomic E-state index is 0.142. The van der Waals surface area contributed by atoms with Crippen LogP contribution in [0.2, 0.25) is 0 Å². The number of rotatable bonds is 2. The first-order valence-electron chi connectivity index (χ1n) is 3.41. The summed E-state index contributed by atoms with van der Waals surface area (Å²) in [6.45, 7) is 0. The topological polar surface area (TPSA) is 29.1 Å². The number of aldehydes is 1. The van der Waals surface area contributed by atoms with Crippen molar-refractivity contribution in [2.45, 2.75) is 6.30 Å². The fourth-order valence-corrected chi connectivity index (χ4v) is 0.853. The molecule has 0 amide bonds. The van der Waals surface area contributed by atoms with E-state index in [0.29, 0.717) is 6.29 Å². The van der Waals surface area contributed by atoms with Crippen molar-refractivity contribution in [3.8, 4) is 0 Å². The molecule has 0 aromatic heterocycles. The Morgan fingerprint density at radius 1 is 1.31 bits per heavy atom. The molecule has 0 radical (unpaired) electrons. The fourth-order valence-electron chi connectivity index (χ4n) is 0.853. The van der Waals surface area contributed by atoms with Gasteiger partial charge in [-0.2, -0.15) is 13.2 Å². The fraction of sp³-hybridized carbons (Fsp3) is 0.125. The Balaban J connectivity index is 2.84. The summed E-state index contributed by atoms with van der Waals surface area (Å²) in [5.41, 5.74) is 0.0614. The van der Waals surface area contributed by atoms with Crippen molar-refractivity contribution in [2.75, 3.05) is 5.32 Å². The maximum atomic E-state index is 11.8. The molecule has 0 saturated carbocycles. The van der Waals surface area contributed by atoms with Gasteiger partial charge in [0.05, 0.1) is 0 Å². The lowest BCUT2D eigenvalue weighted by molar-refractivity contribution is -0.0999. The van der Waals surface area contributed by atoms with Crippen LogP contribution in [-0.2, 0) is 0 Å². The van der Waals surface area contributed by atoms with Crippen molar-refractivity contribution in [1.29, 1.82) is 0 Å². The SMILES string of the molecule is O=Cc1cccc(NC(F)(F)F)c1. The second-order valence-corrected chi connectivity index (χ2v) is 2.37. The van der Waals surface area contributed by atoms with Crippen LogP contribution in [0.3, 0.4) is 0 Å². The van der Waals surface area contributed by atoms with Crippen molar-refractivity contribution >= 4 is 12.0 Å². The molecule has 0 unspecified atom stereocenters. The van der Waals surface area contributed by atoms with E-state index in [4.69, 9.17) is 0 Å². The number of benzene rings is 1. The Labute approximate surface area is 72.4 Å². The number of halogens is 3. The van der Waals surface area contributed by atoms with E-state index in [9.17, 15) is 18.0 Å². The molecule has 0 atom stereocenters. The maximum absolute atomic E-state index is 11.8. The second kappa shape index (κ2) is 3.47. The van der Waals surface area contributed by atoms with Crippen LogP contribution in [0.15, 0.2) is 24.3 Å². The molecule has 0 saturated heterocycles. The van der Waals surface area contributed by atoms with Crippen LogP contribution in [0.1, 0.15) is 10.4 Å². The smallest absolute Gasteiger partial charge is 0.298 e. The van der Waals surface area contributed by atoms with Crippen LogP contribution in [-0.4, -0.2) is 12.6 Å². The Kier molecular flexibility index (Phi) is 2.55. The number of hydrogen-bond acceptors (Lipinski definition) is 2. The largest absolute Gasteiger partial charge is 0.482 e. The quantitative estimate of drug-likeness (QED) is 0.571. The van der Waals surface area contributed by atoms with E-state index in [1.165, 1.54) is 23.5 Å². The summed E-state index contributed by atoms with van der Waals surface area (Å²) in [6, 6.07) is 5.16. The van der Waals surface area contributed by atoms with Crippen LogP contribution in [0.25, 0.3) is 0 Å². The molecule has 5 heteroatoms. The minimum atomic E-state index is -4.47. The zero-order chi connectivity index (χ0) is 9.90. The van der Waals surface area contributed by atoms with Crippen molar-refractivity contribution in [1.82, 2.24) is 0 Å². The summed E-state index contributed by atoms with van der Waals surface area (Å²) >= 11 is 0. The summed E-state index contributed by atoms with van der Waals surface area (Å²) in [6.07, 6.45) is -3.98. The number of nitrogens with one attached hydrogen (secondary N) is 1. The second-order valence-electron chi connectivity index (χ2n) is 2.37. The normalized spacial score (nSPS) is 11.0. The van der Waals surface area contributed by atoms with Crippen molar-refractivity contribution in [3.63, 3.8) is 0 Å². The number of carbonyl (C=O) groups excluding carboxylic acids is 1. The summed E-state index contributed by atoms with van der Waals surface area (Å²) in [4.78, 5) is 10.2. The lowest BCUT2D eigenvalue weighted by atomic mass is 10.2. The Morgan fingerprint density at radius 3 is 2.54 bits per heavy atom. The summed E-state index contributed by atoms with van der Waals surface area (Å²) in [5, 5.41) is 1.30. The molecular weight excluding hydrogens is 183 g/mol. The average Bonchev–Trinajstić information content (AvgIpc) is 2.01. The zero-order valence-corrected chi connectivity index (χ0v) is 6.43. The average molecular weight is 189 g/mol. The summed E-state index contributed by atoms with van der Waals surface area (Å²) in [5.74, 6) is 0. The van der Waals surface area contributed by atoms with E-state index in [1.54, 1.807) is 0 Å². The molecule has 70 valence electrons. The van der Waals surface area contributed by atoms with Gasteiger partial charge in [-0.25, -0.2) is 0 Å². The number of alkyl halides is 3. The number of hydrogen-bond donors (Lipinski definition) is 1. The van der Waals surface area contributed by atoms with Gasteiger partial charge in [-0.1, -0.05) is 12.1 Å². The maximum Gasteiger partial charge on any atom is 0.482 e. The molecule has 1 aromatic rings.